The highest BCUT2D eigenvalue weighted by molar-refractivity contribution is 7.10. The fraction of sp³-hybridized carbons (Fsp3) is 0.471. The number of pyridine rings is 1. The normalized spacial score (nSPS) is 19.4. The molecule has 0 radical (unpaired) electrons. The molecule has 2 aromatic heterocycles. The highest BCUT2D eigenvalue weighted by atomic mass is 32.1. The third-order valence-corrected chi connectivity index (χ3v) is 5.35. The van der Waals surface area contributed by atoms with Crippen LogP contribution in [0.4, 0.5) is 5.82 Å². The molecule has 112 valence electrons. The van der Waals surface area contributed by atoms with Gasteiger partial charge in [0.1, 0.15) is 5.82 Å². The van der Waals surface area contributed by atoms with Crippen LogP contribution in [0.15, 0.2) is 29.8 Å². The first kappa shape index (κ1) is 14.5. The molecule has 1 aliphatic heterocycles. The molecule has 3 heterocycles. The molecule has 2 unspecified atom stereocenters. The molecule has 0 aromatic carbocycles. The van der Waals surface area contributed by atoms with Gasteiger partial charge in [-0.2, -0.15) is 0 Å². The highest BCUT2D eigenvalue weighted by Gasteiger charge is 2.25. The topological polar surface area (TPSA) is 28.2 Å². The second-order valence-corrected chi connectivity index (χ2v) is 6.65. The van der Waals surface area contributed by atoms with Crippen molar-refractivity contribution in [2.45, 2.75) is 39.3 Å². The molecule has 0 bridgehead atoms. The summed E-state index contributed by atoms with van der Waals surface area (Å²) in [6, 6.07) is 7.41. The third-order valence-electron chi connectivity index (χ3n) is 4.35. The molecule has 2 atom stereocenters. The summed E-state index contributed by atoms with van der Waals surface area (Å²) >= 11 is 1.88. The number of aromatic nitrogens is 1. The fourth-order valence-electron chi connectivity index (χ4n) is 3.07. The van der Waals surface area contributed by atoms with Gasteiger partial charge in [0.05, 0.1) is 6.04 Å². The third kappa shape index (κ3) is 2.83. The van der Waals surface area contributed by atoms with E-state index in [0.717, 1.165) is 25.3 Å². The van der Waals surface area contributed by atoms with Crippen molar-refractivity contribution in [1.29, 1.82) is 0 Å². The number of rotatable bonds is 4. The van der Waals surface area contributed by atoms with Crippen LogP contribution in [-0.4, -0.2) is 18.1 Å². The summed E-state index contributed by atoms with van der Waals surface area (Å²) in [5.41, 5.74) is 2.72. The number of thiophene rings is 1. The van der Waals surface area contributed by atoms with E-state index >= 15 is 0 Å². The zero-order valence-corrected chi connectivity index (χ0v) is 13.8. The second kappa shape index (κ2) is 6.16. The van der Waals surface area contributed by atoms with Crippen LogP contribution in [-0.2, 0) is 6.42 Å². The second-order valence-electron chi connectivity index (χ2n) is 5.65. The molecular formula is C17H23N3S. The van der Waals surface area contributed by atoms with E-state index in [9.17, 15) is 0 Å². The van der Waals surface area contributed by atoms with Crippen molar-refractivity contribution in [3.05, 3.63) is 45.8 Å². The van der Waals surface area contributed by atoms with Crippen LogP contribution in [0.1, 0.15) is 48.9 Å². The predicted molar refractivity (Wildman–Crippen MR) is 90.1 cm³/mol. The van der Waals surface area contributed by atoms with Gasteiger partial charge in [-0.1, -0.05) is 13.0 Å². The van der Waals surface area contributed by atoms with Crippen molar-refractivity contribution < 1.29 is 0 Å². The van der Waals surface area contributed by atoms with Gasteiger partial charge in [0, 0.05) is 23.7 Å². The number of hydrogen-bond acceptors (Lipinski definition) is 4. The van der Waals surface area contributed by atoms with Gasteiger partial charge in [-0.3, -0.25) is 0 Å². The summed E-state index contributed by atoms with van der Waals surface area (Å²) in [5, 5.41) is 5.63. The lowest BCUT2D eigenvalue weighted by molar-refractivity contribution is 0.593. The van der Waals surface area contributed by atoms with E-state index < -0.39 is 0 Å². The first-order chi connectivity index (χ1) is 10.2. The standard InChI is InChI=1S/C17H23N3S/c1-4-18-12(2)14-5-6-17(19-11-14)20-9-7-16-15(13(20)3)8-10-21-16/h5-6,8,10-13,18H,4,7,9H2,1-3H3. The maximum atomic E-state index is 4.70. The van der Waals surface area contributed by atoms with Gasteiger partial charge >= 0.3 is 0 Å². The van der Waals surface area contributed by atoms with Gasteiger partial charge in [0.25, 0.3) is 0 Å². The van der Waals surface area contributed by atoms with Crippen molar-refractivity contribution in [1.82, 2.24) is 10.3 Å². The quantitative estimate of drug-likeness (QED) is 0.927. The van der Waals surface area contributed by atoms with E-state index in [1.54, 1.807) is 0 Å². The van der Waals surface area contributed by atoms with E-state index in [0.29, 0.717) is 12.1 Å². The maximum Gasteiger partial charge on any atom is 0.129 e. The minimum Gasteiger partial charge on any atom is -0.349 e. The van der Waals surface area contributed by atoms with E-state index in [1.807, 2.05) is 17.5 Å². The van der Waals surface area contributed by atoms with Crippen molar-refractivity contribution >= 4 is 17.2 Å². The average molecular weight is 301 g/mol. The minimum absolute atomic E-state index is 0.360. The summed E-state index contributed by atoms with van der Waals surface area (Å²) < 4.78 is 0. The monoisotopic (exact) mass is 301 g/mol. The van der Waals surface area contributed by atoms with Crippen LogP contribution in [0.2, 0.25) is 0 Å². The summed E-state index contributed by atoms with van der Waals surface area (Å²) in [6.45, 7) is 8.63. The molecular weight excluding hydrogens is 278 g/mol. The van der Waals surface area contributed by atoms with Crippen molar-refractivity contribution in [3.63, 3.8) is 0 Å². The minimum atomic E-state index is 0.360. The first-order valence-electron chi connectivity index (χ1n) is 7.73. The molecule has 2 aromatic rings. The average Bonchev–Trinajstić information content (AvgIpc) is 2.98. The molecule has 0 saturated carbocycles. The van der Waals surface area contributed by atoms with E-state index in [4.69, 9.17) is 4.98 Å². The fourth-order valence-corrected chi connectivity index (χ4v) is 4.03. The molecule has 0 amide bonds. The summed E-state index contributed by atoms with van der Waals surface area (Å²) in [7, 11) is 0. The largest absolute Gasteiger partial charge is 0.349 e. The zero-order chi connectivity index (χ0) is 14.8. The zero-order valence-electron chi connectivity index (χ0n) is 13.0. The van der Waals surface area contributed by atoms with Gasteiger partial charge in [0.2, 0.25) is 0 Å². The van der Waals surface area contributed by atoms with Crippen molar-refractivity contribution in [3.8, 4) is 0 Å². The van der Waals surface area contributed by atoms with Crippen LogP contribution in [0.25, 0.3) is 0 Å². The van der Waals surface area contributed by atoms with Crippen LogP contribution in [0, 0.1) is 0 Å². The number of anilines is 1. The lowest BCUT2D eigenvalue weighted by atomic mass is 10.0. The molecule has 3 rings (SSSR count). The number of nitrogens with one attached hydrogen (secondary N) is 1. The van der Waals surface area contributed by atoms with E-state index in [2.05, 4.69) is 54.6 Å². The van der Waals surface area contributed by atoms with Gasteiger partial charge in [-0.15, -0.1) is 11.3 Å². The molecule has 1 N–H and O–H groups in total. The summed E-state index contributed by atoms with van der Waals surface area (Å²) in [6.07, 6.45) is 3.15. The van der Waals surface area contributed by atoms with Gasteiger partial charge in [-0.05, 0) is 55.5 Å². The number of hydrogen-bond donors (Lipinski definition) is 1. The molecule has 0 saturated heterocycles. The molecule has 1 aliphatic rings. The summed E-state index contributed by atoms with van der Waals surface area (Å²) in [4.78, 5) is 8.65. The lowest BCUT2D eigenvalue weighted by Gasteiger charge is -2.34. The molecule has 3 nitrogen and oxygen atoms in total. The van der Waals surface area contributed by atoms with Gasteiger partial charge in [0.15, 0.2) is 0 Å². The molecule has 0 spiro atoms. The Morgan fingerprint density at radius 3 is 3.00 bits per heavy atom. The SMILES string of the molecule is CCNC(C)c1ccc(N2CCc3sccc3C2C)nc1. The Labute approximate surface area is 131 Å². The van der Waals surface area contributed by atoms with Crippen LogP contribution < -0.4 is 10.2 Å². The molecule has 21 heavy (non-hydrogen) atoms. The van der Waals surface area contributed by atoms with E-state index in [1.165, 1.54) is 16.0 Å². The van der Waals surface area contributed by atoms with Crippen molar-refractivity contribution in [2.24, 2.45) is 0 Å². The Balaban J connectivity index is 1.79. The Morgan fingerprint density at radius 1 is 1.43 bits per heavy atom. The lowest BCUT2D eigenvalue weighted by Crippen LogP contribution is -2.33. The maximum absolute atomic E-state index is 4.70. The van der Waals surface area contributed by atoms with Gasteiger partial charge < -0.3 is 10.2 Å². The molecule has 0 aliphatic carbocycles. The van der Waals surface area contributed by atoms with E-state index in [-0.39, 0.29) is 0 Å². The molecule has 4 heteroatoms. The van der Waals surface area contributed by atoms with Crippen LogP contribution >= 0.6 is 11.3 Å². The Kier molecular flexibility index (Phi) is 4.27. The van der Waals surface area contributed by atoms with Crippen LogP contribution in [0.5, 0.6) is 0 Å². The Morgan fingerprint density at radius 2 is 2.29 bits per heavy atom. The predicted octanol–water partition coefficient (Wildman–Crippen LogP) is 3.94. The van der Waals surface area contributed by atoms with Crippen molar-refractivity contribution in [2.75, 3.05) is 18.0 Å². The number of nitrogens with zero attached hydrogens (tertiary/aromatic N) is 2. The van der Waals surface area contributed by atoms with Gasteiger partial charge in [-0.25, -0.2) is 4.98 Å². The molecule has 0 fully saturated rings. The first-order valence-corrected chi connectivity index (χ1v) is 8.61. The summed E-state index contributed by atoms with van der Waals surface area (Å²) in [5.74, 6) is 1.09. The number of fused-ring (bicyclic) bond motifs is 1. The van der Waals surface area contributed by atoms with Crippen LogP contribution in [0.3, 0.4) is 0 Å². The Bertz CT molecular complexity index is 590. The smallest absolute Gasteiger partial charge is 0.129 e. The highest BCUT2D eigenvalue weighted by Crippen LogP contribution is 2.35. The Hall–Kier alpha value is -1.39.